The van der Waals surface area contributed by atoms with E-state index in [1.165, 1.54) is 6.07 Å². The highest BCUT2D eigenvalue weighted by atomic mass is 32.2. The topological polar surface area (TPSA) is 29.3 Å². The summed E-state index contributed by atoms with van der Waals surface area (Å²) in [4.78, 5) is 2.37. The minimum absolute atomic E-state index is 0.245. The minimum Gasteiger partial charge on any atom is -0.399 e. The van der Waals surface area contributed by atoms with Gasteiger partial charge in [0.05, 0.1) is 0 Å². The maximum absolute atomic E-state index is 13.2. The van der Waals surface area contributed by atoms with Crippen LogP contribution in [0.2, 0.25) is 0 Å². The first kappa shape index (κ1) is 12.7. The molecule has 0 bridgehead atoms. The Hall–Kier alpha value is -0.740. The molecule has 0 saturated carbocycles. The lowest BCUT2D eigenvalue weighted by atomic mass is 10.1. The molecule has 1 aromatic rings. The highest BCUT2D eigenvalue weighted by molar-refractivity contribution is 8.00. The number of nitrogens with two attached hydrogens (primary N) is 1. The molecule has 0 amide bonds. The molecule has 1 aliphatic rings. The molecule has 1 fully saturated rings. The standard InChI is InChI=1S/C13H19FN2S/c1-13(2)9-16(3-4-17-13)8-10-5-11(14)7-12(15)6-10/h5-7H,3-4,8-9,15H2,1-2H3. The monoisotopic (exact) mass is 254 g/mol. The van der Waals surface area contributed by atoms with Gasteiger partial charge in [-0.05, 0) is 37.6 Å². The van der Waals surface area contributed by atoms with E-state index in [1.807, 2.05) is 17.8 Å². The molecule has 0 spiro atoms. The number of rotatable bonds is 2. The molecule has 2 nitrogen and oxygen atoms in total. The predicted molar refractivity (Wildman–Crippen MR) is 72.6 cm³/mol. The van der Waals surface area contributed by atoms with Gasteiger partial charge < -0.3 is 5.73 Å². The summed E-state index contributed by atoms with van der Waals surface area (Å²) in [7, 11) is 0. The van der Waals surface area contributed by atoms with E-state index in [2.05, 4.69) is 18.7 Å². The Morgan fingerprint density at radius 3 is 2.82 bits per heavy atom. The third-order valence-corrected chi connectivity index (χ3v) is 4.19. The van der Waals surface area contributed by atoms with Crippen molar-refractivity contribution in [1.82, 2.24) is 4.90 Å². The SMILES string of the molecule is CC1(C)CN(Cc2cc(N)cc(F)c2)CCS1. The van der Waals surface area contributed by atoms with Crippen molar-refractivity contribution in [2.24, 2.45) is 0 Å². The van der Waals surface area contributed by atoms with Crippen molar-refractivity contribution in [1.29, 1.82) is 0 Å². The lowest BCUT2D eigenvalue weighted by molar-refractivity contribution is 0.252. The normalized spacial score (nSPS) is 20.4. The van der Waals surface area contributed by atoms with Crippen LogP contribution in [-0.2, 0) is 6.54 Å². The van der Waals surface area contributed by atoms with Crippen LogP contribution in [0.15, 0.2) is 18.2 Å². The van der Waals surface area contributed by atoms with Crippen molar-refractivity contribution >= 4 is 17.4 Å². The van der Waals surface area contributed by atoms with Crippen LogP contribution in [0.25, 0.3) is 0 Å². The molecule has 1 saturated heterocycles. The summed E-state index contributed by atoms with van der Waals surface area (Å²) in [5.41, 5.74) is 7.12. The molecule has 1 aliphatic heterocycles. The van der Waals surface area contributed by atoms with E-state index in [0.29, 0.717) is 5.69 Å². The predicted octanol–water partition coefficient (Wildman–Crippen LogP) is 2.74. The van der Waals surface area contributed by atoms with Crippen LogP contribution < -0.4 is 5.73 Å². The summed E-state index contributed by atoms with van der Waals surface area (Å²) >= 11 is 2.00. The van der Waals surface area contributed by atoms with Crippen LogP contribution in [0.4, 0.5) is 10.1 Å². The fourth-order valence-corrected chi connectivity index (χ4v) is 3.45. The first-order valence-electron chi connectivity index (χ1n) is 5.86. The van der Waals surface area contributed by atoms with Crippen molar-refractivity contribution in [3.05, 3.63) is 29.6 Å². The van der Waals surface area contributed by atoms with Crippen LogP contribution in [0, 0.1) is 5.82 Å². The van der Waals surface area contributed by atoms with Gasteiger partial charge in [0.2, 0.25) is 0 Å². The number of nitrogens with zero attached hydrogens (tertiary/aromatic N) is 1. The molecule has 0 aliphatic carbocycles. The van der Waals surface area contributed by atoms with E-state index in [0.717, 1.165) is 31.0 Å². The smallest absolute Gasteiger partial charge is 0.125 e. The second-order valence-corrected chi connectivity index (χ2v) is 7.01. The third-order valence-electron chi connectivity index (χ3n) is 2.89. The van der Waals surface area contributed by atoms with Crippen LogP contribution in [0.3, 0.4) is 0 Å². The average Bonchev–Trinajstić information content (AvgIpc) is 2.13. The fraction of sp³-hybridized carbons (Fsp3) is 0.538. The maximum atomic E-state index is 13.2. The molecule has 94 valence electrons. The number of anilines is 1. The van der Waals surface area contributed by atoms with Gasteiger partial charge in [-0.25, -0.2) is 4.39 Å². The number of halogens is 1. The third kappa shape index (κ3) is 3.61. The number of hydrogen-bond donors (Lipinski definition) is 1. The van der Waals surface area contributed by atoms with Crippen LogP contribution in [0.5, 0.6) is 0 Å². The molecule has 4 heteroatoms. The van der Waals surface area contributed by atoms with Crippen molar-refractivity contribution in [3.63, 3.8) is 0 Å². The van der Waals surface area contributed by atoms with E-state index < -0.39 is 0 Å². The first-order valence-corrected chi connectivity index (χ1v) is 6.84. The minimum atomic E-state index is -0.245. The Kier molecular flexibility index (Phi) is 3.64. The summed E-state index contributed by atoms with van der Waals surface area (Å²) < 4.78 is 13.5. The van der Waals surface area contributed by atoms with Crippen LogP contribution in [-0.4, -0.2) is 28.5 Å². The largest absolute Gasteiger partial charge is 0.399 e. The molecule has 17 heavy (non-hydrogen) atoms. The Balaban J connectivity index is 2.05. The highest BCUT2D eigenvalue weighted by Gasteiger charge is 2.26. The number of benzene rings is 1. The molecule has 0 unspecified atom stereocenters. The van der Waals surface area contributed by atoms with Crippen molar-refractivity contribution < 1.29 is 4.39 Å². The Morgan fingerprint density at radius 2 is 2.18 bits per heavy atom. The van der Waals surface area contributed by atoms with E-state index in [4.69, 9.17) is 5.73 Å². The van der Waals surface area contributed by atoms with E-state index in [9.17, 15) is 4.39 Å². The summed E-state index contributed by atoms with van der Waals surface area (Å²) in [6.45, 7) is 7.39. The van der Waals surface area contributed by atoms with Crippen molar-refractivity contribution in [2.75, 3.05) is 24.6 Å². The van der Waals surface area contributed by atoms with Gasteiger partial charge in [0, 0.05) is 35.8 Å². The van der Waals surface area contributed by atoms with Gasteiger partial charge >= 0.3 is 0 Å². The zero-order valence-corrected chi connectivity index (χ0v) is 11.2. The van der Waals surface area contributed by atoms with Gasteiger partial charge in [0.15, 0.2) is 0 Å². The van der Waals surface area contributed by atoms with Gasteiger partial charge in [-0.2, -0.15) is 11.8 Å². The molecule has 0 atom stereocenters. The van der Waals surface area contributed by atoms with E-state index >= 15 is 0 Å². The molecule has 2 N–H and O–H groups in total. The average molecular weight is 254 g/mol. The van der Waals surface area contributed by atoms with Gasteiger partial charge in [-0.1, -0.05) is 0 Å². The van der Waals surface area contributed by atoms with Gasteiger partial charge in [-0.15, -0.1) is 0 Å². The Labute approximate surface area is 106 Å². The number of thioether (sulfide) groups is 1. The first-order chi connectivity index (χ1) is 7.94. The van der Waals surface area contributed by atoms with Gasteiger partial charge in [0.1, 0.15) is 5.82 Å². The Bertz CT molecular complexity index is 386. The second kappa shape index (κ2) is 4.86. The molecule has 2 rings (SSSR count). The summed E-state index contributed by atoms with van der Waals surface area (Å²) in [6.07, 6.45) is 0. The van der Waals surface area contributed by atoms with E-state index in [1.54, 1.807) is 6.07 Å². The molecule has 0 radical (unpaired) electrons. The number of nitrogen functional groups attached to an aromatic ring is 1. The molecule has 0 aromatic heterocycles. The molecular weight excluding hydrogens is 235 g/mol. The highest BCUT2D eigenvalue weighted by Crippen LogP contribution is 2.30. The van der Waals surface area contributed by atoms with Crippen molar-refractivity contribution in [2.45, 2.75) is 25.1 Å². The van der Waals surface area contributed by atoms with Crippen molar-refractivity contribution in [3.8, 4) is 0 Å². The molecular formula is C13H19FN2S. The summed E-state index contributed by atoms with van der Waals surface area (Å²) in [6, 6.07) is 4.79. The summed E-state index contributed by atoms with van der Waals surface area (Å²) in [5.74, 6) is 0.892. The molecule has 1 heterocycles. The fourth-order valence-electron chi connectivity index (χ4n) is 2.27. The quantitative estimate of drug-likeness (QED) is 0.823. The lowest BCUT2D eigenvalue weighted by Gasteiger charge is -2.37. The Morgan fingerprint density at radius 1 is 1.41 bits per heavy atom. The number of hydrogen-bond acceptors (Lipinski definition) is 3. The maximum Gasteiger partial charge on any atom is 0.125 e. The lowest BCUT2D eigenvalue weighted by Crippen LogP contribution is -2.42. The van der Waals surface area contributed by atoms with Crippen LogP contribution in [0.1, 0.15) is 19.4 Å². The zero-order chi connectivity index (χ0) is 12.5. The zero-order valence-electron chi connectivity index (χ0n) is 10.4. The second-order valence-electron chi connectivity index (χ2n) is 5.21. The van der Waals surface area contributed by atoms with Gasteiger partial charge in [0.25, 0.3) is 0 Å². The van der Waals surface area contributed by atoms with Gasteiger partial charge in [-0.3, -0.25) is 4.90 Å². The van der Waals surface area contributed by atoms with E-state index in [-0.39, 0.29) is 10.6 Å². The molecule has 1 aromatic carbocycles. The summed E-state index contributed by atoms with van der Waals surface area (Å²) in [5, 5.41) is 0. The van der Waals surface area contributed by atoms with Crippen LogP contribution >= 0.6 is 11.8 Å².